The van der Waals surface area contributed by atoms with E-state index >= 15 is 0 Å². The summed E-state index contributed by atoms with van der Waals surface area (Å²) in [4.78, 5) is 2.41. The predicted octanol–water partition coefficient (Wildman–Crippen LogP) is 2.13. The van der Waals surface area contributed by atoms with Crippen LogP contribution in [0.4, 0.5) is 0 Å². The van der Waals surface area contributed by atoms with Crippen LogP contribution in [-0.2, 0) is 0 Å². The van der Waals surface area contributed by atoms with Crippen molar-refractivity contribution in [1.29, 1.82) is 0 Å². The van der Waals surface area contributed by atoms with Gasteiger partial charge in [0.25, 0.3) is 0 Å². The Morgan fingerprint density at radius 2 is 2.14 bits per heavy atom. The van der Waals surface area contributed by atoms with Gasteiger partial charge in [-0.3, -0.25) is 4.90 Å². The van der Waals surface area contributed by atoms with E-state index in [0.29, 0.717) is 0 Å². The first kappa shape index (κ1) is 13.7. The minimum Gasteiger partial charge on any atom is -0.316 e. The van der Waals surface area contributed by atoms with Gasteiger partial charge in [-0.05, 0) is 38.5 Å². The molecule has 0 saturated heterocycles. The van der Waals surface area contributed by atoms with Crippen LogP contribution in [-0.4, -0.2) is 37.6 Å². The molecule has 0 aromatic rings. The van der Waals surface area contributed by atoms with Crippen LogP contribution in [0.15, 0.2) is 12.7 Å². The third-order valence-electron chi connectivity index (χ3n) is 2.21. The second kappa shape index (κ2) is 9.22. The maximum absolute atomic E-state index is 3.76. The van der Waals surface area contributed by atoms with Crippen molar-refractivity contribution in [2.75, 3.05) is 32.7 Å². The number of hydrogen-bond donors (Lipinski definition) is 1. The van der Waals surface area contributed by atoms with Crippen LogP contribution in [0, 0.1) is 5.92 Å². The van der Waals surface area contributed by atoms with Gasteiger partial charge in [-0.1, -0.05) is 26.8 Å². The Kier molecular flexibility index (Phi) is 9.00. The fraction of sp³-hybridized carbons (Fsp3) is 0.833. The van der Waals surface area contributed by atoms with Gasteiger partial charge in [0.1, 0.15) is 0 Å². The van der Waals surface area contributed by atoms with Gasteiger partial charge in [-0.25, -0.2) is 0 Å². The Balaban J connectivity index is 3.28. The Bertz CT molecular complexity index is 132. The molecule has 0 radical (unpaired) electrons. The number of nitrogens with zero attached hydrogens (tertiary/aromatic N) is 1. The van der Waals surface area contributed by atoms with Crippen molar-refractivity contribution in [2.45, 2.75) is 27.2 Å². The van der Waals surface area contributed by atoms with E-state index < -0.39 is 0 Å². The Labute approximate surface area is 89.4 Å². The van der Waals surface area contributed by atoms with Crippen molar-refractivity contribution >= 4 is 0 Å². The summed E-state index contributed by atoms with van der Waals surface area (Å²) in [5.41, 5.74) is 0. The molecule has 0 atom stereocenters. The van der Waals surface area contributed by atoms with E-state index in [0.717, 1.165) is 32.1 Å². The monoisotopic (exact) mass is 198 g/mol. The quantitative estimate of drug-likeness (QED) is 0.451. The number of rotatable bonds is 9. The van der Waals surface area contributed by atoms with Gasteiger partial charge in [-0.2, -0.15) is 0 Å². The molecule has 0 aromatic carbocycles. The largest absolute Gasteiger partial charge is 0.316 e. The molecule has 84 valence electrons. The minimum atomic E-state index is 0.755. The van der Waals surface area contributed by atoms with Gasteiger partial charge >= 0.3 is 0 Å². The molecule has 0 aliphatic rings. The van der Waals surface area contributed by atoms with E-state index in [1.165, 1.54) is 13.0 Å². The van der Waals surface area contributed by atoms with E-state index in [-0.39, 0.29) is 0 Å². The van der Waals surface area contributed by atoms with Gasteiger partial charge in [-0.15, -0.1) is 6.58 Å². The topological polar surface area (TPSA) is 15.3 Å². The highest BCUT2D eigenvalue weighted by Crippen LogP contribution is 1.91. The van der Waals surface area contributed by atoms with Gasteiger partial charge < -0.3 is 5.32 Å². The number of hydrogen-bond acceptors (Lipinski definition) is 2. The molecule has 0 amide bonds. The zero-order chi connectivity index (χ0) is 10.8. The standard InChI is InChI=1S/C12H26N2/c1-5-9-14(6-2)10-7-8-13-11-12(3)4/h5,12-13H,1,6-11H2,2-4H3. The summed E-state index contributed by atoms with van der Waals surface area (Å²) in [7, 11) is 0. The molecule has 0 spiro atoms. The zero-order valence-electron chi connectivity index (χ0n) is 10.1. The summed E-state index contributed by atoms with van der Waals surface area (Å²) in [5, 5.41) is 3.45. The molecule has 0 heterocycles. The van der Waals surface area contributed by atoms with Crippen molar-refractivity contribution in [3.63, 3.8) is 0 Å². The smallest absolute Gasteiger partial charge is 0.0160 e. The third kappa shape index (κ3) is 8.27. The lowest BCUT2D eigenvalue weighted by atomic mass is 10.2. The van der Waals surface area contributed by atoms with Crippen molar-refractivity contribution in [3.05, 3.63) is 12.7 Å². The van der Waals surface area contributed by atoms with Crippen molar-refractivity contribution in [1.82, 2.24) is 10.2 Å². The summed E-state index contributed by atoms with van der Waals surface area (Å²) in [6, 6.07) is 0. The average Bonchev–Trinajstić information content (AvgIpc) is 2.15. The lowest BCUT2D eigenvalue weighted by Gasteiger charge is -2.18. The highest BCUT2D eigenvalue weighted by molar-refractivity contribution is 4.72. The van der Waals surface area contributed by atoms with Crippen LogP contribution in [0.25, 0.3) is 0 Å². The fourth-order valence-corrected chi connectivity index (χ4v) is 1.38. The van der Waals surface area contributed by atoms with Crippen molar-refractivity contribution < 1.29 is 0 Å². The van der Waals surface area contributed by atoms with Gasteiger partial charge in [0.2, 0.25) is 0 Å². The Hall–Kier alpha value is -0.340. The Morgan fingerprint density at radius 3 is 2.64 bits per heavy atom. The summed E-state index contributed by atoms with van der Waals surface area (Å²) < 4.78 is 0. The van der Waals surface area contributed by atoms with E-state index in [9.17, 15) is 0 Å². The van der Waals surface area contributed by atoms with E-state index in [1.807, 2.05) is 6.08 Å². The van der Waals surface area contributed by atoms with Gasteiger partial charge in [0.05, 0.1) is 0 Å². The van der Waals surface area contributed by atoms with Crippen molar-refractivity contribution in [3.8, 4) is 0 Å². The first-order chi connectivity index (χ1) is 6.70. The van der Waals surface area contributed by atoms with Crippen LogP contribution in [0.3, 0.4) is 0 Å². The van der Waals surface area contributed by atoms with E-state index in [2.05, 4.69) is 37.6 Å². The predicted molar refractivity (Wildman–Crippen MR) is 64.6 cm³/mol. The van der Waals surface area contributed by atoms with Crippen LogP contribution in [0.1, 0.15) is 27.2 Å². The molecule has 0 rings (SSSR count). The molecular formula is C12H26N2. The van der Waals surface area contributed by atoms with Gasteiger partial charge in [0.15, 0.2) is 0 Å². The second-order valence-electron chi connectivity index (χ2n) is 4.13. The molecule has 14 heavy (non-hydrogen) atoms. The third-order valence-corrected chi connectivity index (χ3v) is 2.21. The normalized spacial score (nSPS) is 11.2. The number of likely N-dealkylation sites (N-methyl/N-ethyl adjacent to an activating group) is 1. The number of nitrogens with one attached hydrogen (secondary N) is 1. The van der Waals surface area contributed by atoms with Crippen molar-refractivity contribution in [2.24, 2.45) is 5.92 Å². The fourth-order valence-electron chi connectivity index (χ4n) is 1.38. The molecule has 0 bridgehead atoms. The Morgan fingerprint density at radius 1 is 1.43 bits per heavy atom. The molecule has 1 N–H and O–H groups in total. The van der Waals surface area contributed by atoms with Crippen LogP contribution < -0.4 is 5.32 Å². The molecule has 0 unspecified atom stereocenters. The average molecular weight is 198 g/mol. The summed E-state index contributed by atoms with van der Waals surface area (Å²) in [6.45, 7) is 16.0. The first-order valence-electron chi connectivity index (χ1n) is 5.74. The van der Waals surface area contributed by atoms with Crippen LogP contribution >= 0.6 is 0 Å². The molecule has 2 heteroatoms. The van der Waals surface area contributed by atoms with E-state index in [1.54, 1.807) is 0 Å². The minimum absolute atomic E-state index is 0.755. The summed E-state index contributed by atoms with van der Waals surface area (Å²) in [6.07, 6.45) is 3.21. The molecule has 0 fully saturated rings. The highest BCUT2D eigenvalue weighted by atomic mass is 15.1. The second-order valence-corrected chi connectivity index (χ2v) is 4.13. The lowest BCUT2D eigenvalue weighted by molar-refractivity contribution is 0.311. The SMILES string of the molecule is C=CCN(CC)CCCNCC(C)C. The van der Waals surface area contributed by atoms with Crippen LogP contribution in [0.2, 0.25) is 0 Å². The first-order valence-corrected chi connectivity index (χ1v) is 5.74. The maximum Gasteiger partial charge on any atom is 0.0160 e. The lowest BCUT2D eigenvalue weighted by Crippen LogP contribution is -2.28. The molecule has 0 aliphatic carbocycles. The van der Waals surface area contributed by atoms with Crippen LogP contribution in [0.5, 0.6) is 0 Å². The molecular weight excluding hydrogens is 172 g/mol. The molecule has 2 nitrogen and oxygen atoms in total. The highest BCUT2D eigenvalue weighted by Gasteiger charge is 1.98. The summed E-state index contributed by atoms with van der Waals surface area (Å²) >= 11 is 0. The molecule has 0 saturated carbocycles. The molecule has 0 aliphatic heterocycles. The van der Waals surface area contributed by atoms with Gasteiger partial charge in [0, 0.05) is 6.54 Å². The molecule has 0 aromatic heterocycles. The zero-order valence-corrected chi connectivity index (χ0v) is 10.1. The summed E-state index contributed by atoms with van der Waals surface area (Å²) in [5.74, 6) is 0.755. The maximum atomic E-state index is 3.76. The van der Waals surface area contributed by atoms with E-state index in [4.69, 9.17) is 0 Å².